The third kappa shape index (κ3) is 3.01. The molecule has 2 atom stereocenters. The largest absolute Gasteiger partial charge is 0.378 e. The molecule has 1 saturated heterocycles. The molecule has 2 heterocycles. The number of hydrogen-bond donors (Lipinski definition) is 1. The van der Waals surface area contributed by atoms with Crippen molar-refractivity contribution in [2.45, 2.75) is 39.2 Å². The lowest BCUT2D eigenvalue weighted by Gasteiger charge is -2.32. The van der Waals surface area contributed by atoms with Crippen LogP contribution in [0.1, 0.15) is 32.3 Å². The van der Waals surface area contributed by atoms with Crippen molar-refractivity contribution in [1.82, 2.24) is 5.32 Å². The highest BCUT2D eigenvalue weighted by atomic mass is 32.1. The van der Waals surface area contributed by atoms with Crippen molar-refractivity contribution < 1.29 is 4.74 Å². The molecule has 1 aliphatic heterocycles. The fourth-order valence-corrected chi connectivity index (χ4v) is 4.37. The fraction of sp³-hybridized carbons (Fsp3) is 0.556. The van der Waals surface area contributed by atoms with Gasteiger partial charge in [-0.15, -0.1) is 11.3 Å². The van der Waals surface area contributed by atoms with Gasteiger partial charge in [-0.25, -0.2) is 0 Å². The second-order valence-electron chi connectivity index (χ2n) is 6.24. The molecule has 3 heteroatoms. The molecule has 1 aromatic heterocycles. The standard InChI is InChI=1S/C18H25NOS/c1-3-9-19-13-18(8-10-20-14(18)2)11-15-12-21-17-7-5-4-6-16(15)17/h4-7,12,14,19H,3,8-11,13H2,1-2H3. The Hall–Kier alpha value is -0.900. The van der Waals surface area contributed by atoms with Gasteiger partial charge in [0.15, 0.2) is 0 Å². The molecule has 1 aromatic carbocycles. The first-order chi connectivity index (χ1) is 10.2. The molecule has 3 rings (SSSR count). The van der Waals surface area contributed by atoms with Crippen LogP contribution in [0.2, 0.25) is 0 Å². The molecule has 1 N–H and O–H groups in total. The van der Waals surface area contributed by atoms with Crippen LogP contribution in [0.25, 0.3) is 10.1 Å². The Labute approximate surface area is 131 Å². The maximum atomic E-state index is 5.92. The monoisotopic (exact) mass is 303 g/mol. The highest BCUT2D eigenvalue weighted by molar-refractivity contribution is 7.17. The van der Waals surface area contributed by atoms with Crippen molar-refractivity contribution >= 4 is 21.4 Å². The van der Waals surface area contributed by atoms with Gasteiger partial charge in [-0.05, 0) is 55.1 Å². The van der Waals surface area contributed by atoms with Gasteiger partial charge in [0.25, 0.3) is 0 Å². The van der Waals surface area contributed by atoms with Crippen LogP contribution in [0.3, 0.4) is 0 Å². The summed E-state index contributed by atoms with van der Waals surface area (Å²) in [5.41, 5.74) is 1.74. The highest BCUT2D eigenvalue weighted by Crippen LogP contribution is 2.40. The zero-order valence-electron chi connectivity index (χ0n) is 13.0. The van der Waals surface area contributed by atoms with Crippen molar-refractivity contribution in [1.29, 1.82) is 0 Å². The van der Waals surface area contributed by atoms with Crippen LogP contribution in [0, 0.1) is 5.41 Å². The molecule has 0 amide bonds. The first kappa shape index (κ1) is 15.0. The summed E-state index contributed by atoms with van der Waals surface area (Å²) in [6.07, 6.45) is 3.80. The Balaban J connectivity index is 1.84. The van der Waals surface area contributed by atoms with E-state index in [1.165, 1.54) is 22.1 Å². The SMILES string of the molecule is CCCNCC1(Cc2csc3ccccc23)CCOC1C. The van der Waals surface area contributed by atoms with Crippen LogP contribution in [-0.2, 0) is 11.2 Å². The minimum Gasteiger partial charge on any atom is -0.378 e. The Morgan fingerprint density at radius 3 is 3.00 bits per heavy atom. The average Bonchev–Trinajstić information content (AvgIpc) is 3.06. The number of benzene rings is 1. The number of rotatable bonds is 6. The highest BCUT2D eigenvalue weighted by Gasteiger charge is 2.41. The summed E-state index contributed by atoms with van der Waals surface area (Å²) in [6.45, 7) is 7.53. The molecule has 2 nitrogen and oxygen atoms in total. The van der Waals surface area contributed by atoms with Gasteiger partial charge in [0.1, 0.15) is 0 Å². The van der Waals surface area contributed by atoms with Gasteiger partial charge in [0.2, 0.25) is 0 Å². The Bertz CT molecular complexity index is 594. The summed E-state index contributed by atoms with van der Waals surface area (Å²) in [7, 11) is 0. The molecule has 0 spiro atoms. The zero-order valence-corrected chi connectivity index (χ0v) is 13.8. The summed E-state index contributed by atoms with van der Waals surface area (Å²) in [5, 5.41) is 7.40. The predicted molar refractivity (Wildman–Crippen MR) is 91.2 cm³/mol. The van der Waals surface area contributed by atoms with Crippen LogP contribution in [-0.4, -0.2) is 25.8 Å². The van der Waals surface area contributed by atoms with E-state index < -0.39 is 0 Å². The minimum absolute atomic E-state index is 0.249. The number of nitrogens with one attached hydrogen (secondary N) is 1. The smallest absolute Gasteiger partial charge is 0.0619 e. The predicted octanol–water partition coefficient (Wildman–Crippen LogP) is 4.24. The van der Waals surface area contributed by atoms with Crippen molar-refractivity contribution in [3.05, 3.63) is 35.2 Å². The van der Waals surface area contributed by atoms with Crippen LogP contribution in [0.5, 0.6) is 0 Å². The van der Waals surface area contributed by atoms with Crippen LogP contribution < -0.4 is 5.32 Å². The van der Waals surface area contributed by atoms with Crippen molar-refractivity contribution in [2.75, 3.05) is 19.7 Å². The van der Waals surface area contributed by atoms with Gasteiger partial charge < -0.3 is 10.1 Å². The van der Waals surface area contributed by atoms with E-state index in [9.17, 15) is 0 Å². The third-order valence-electron chi connectivity index (χ3n) is 4.84. The van der Waals surface area contributed by atoms with E-state index in [0.717, 1.165) is 32.5 Å². The van der Waals surface area contributed by atoms with Gasteiger partial charge in [-0.1, -0.05) is 25.1 Å². The molecule has 0 bridgehead atoms. The van der Waals surface area contributed by atoms with E-state index in [4.69, 9.17) is 4.74 Å². The number of hydrogen-bond acceptors (Lipinski definition) is 3. The molecule has 21 heavy (non-hydrogen) atoms. The third-order valence-corrected chi connectivity index (χ3v) is 5.85. The van der Waals surface area contributed by atoms with E-state index in [2.05, 4.69) is 48.8 Å². The second kappa shape index (κ2) is 6.47. The second-order valence-corrected chi connectivity index (χ2v) is 7.15. The molecule has 0 saturated carbocycles. The maximum absolute atomic E-state index is 5.92. The molecule has 0 aliphatic carbocycles. The Morgan fingerprint density at radius 2 is 2.24 bits per heavy atom. The molecule has 0 radical (unpaired) electrons. The topological polar surface area (TPSA) is 21.3 Å². The first-order valence-corrected chi connectivity index (χ1v) is 8.90. The van der Waals surface area contributed by atoms with Gasteiger partial charge in [0.05, 0.1) is 6.10 Å². The molecule has 2 aromatic rings. The lowest BCUT2D eigenvalue weighted by Crippen LogP contribution is -2.41. The Kier molecular flexibility index (Phi) is 4.63. The van der Waals surface area contributed by atoms with E-state index >= 15 is 0 Å². The quantitative estimate of drug-likeness (QED) is 0.806. The summed E-state index contributed by atoms with van der Waals surface area (Å²) in [6, 6.07) is 8.76. The van der Waals surface area contributed by atoms with Gasteiger partial charge in [-0.2, -0.15) is 0 Å². The van der Waals surface area contributed by atoms with Gasteiger partial charge in [-0.3, -0.25) is 0 Å². The molecular formula is C18H25NOS. The normalized spacial score (nSPS) is 25.7. The summed E-state index contributed by atoms with van der Waals surface area (Å²) < 4.78 is 7.32. The number of thiophene rings is 1. The summed E-state index contributed by atoms with van der Waals surface area (Å²) in [5.74, 6) is 0. The molecule has 1 fully saturated rings. The summed E-state index contributed by atoms with van der Waals surface area (Å²) >= 11 is 1.86. The van der Waals surface area contributed by atoms with Crippen LogP contribution in [0.15, 0.2) is 29.6 Å². The lowest BCUT2D eigenvalue weighted by molar-refractivity contribution is 0.0633. The average molecular weight is 303 g/mol. The first-order valence-electron chi connectivity index (χ1n) is 8.02. The summed E-state index contributed by atoms with van der Waals surface area (Å²) in [4.78, 5) is 0. The van der Waals surface area contributed by atoms with Gasteiger partial charge >= 0.3 is 0 Å². The molecular weight excluding hydrogens is 278 g/mol. The van der Waals surface area contributed by atoms with E-state index in [-0.39, 0.29) is 5.41 Å². The fourth-order valence-electron chi connectivity index (χ4n) is 3.41. The minimum atomic E-state index is 0.249. The van der Waals surface area contributed by atoms with E-state index in [1.54, 1.807) is 0 Å². The zero-order chi connectivity index (χ0) is 14.7. The van der Waals surface area contributed by atoms with Crippen molar-refractivity contribution in [2.24, 2.45) is 5.41 Å². The molecule has 114 valence electrons. The van der Waals surface area contributed by atoms with Crippen LogP contribution >= 0.6 is 11.3 Å². The van der Waals surface area contributed by atoms with Crippen LogP contribution in [0.4, 0.5) is 0 Å². The Morgan fingerprint density at radius 1 is 1.38 bits per heavy atom. The molecule has 1 aliphatic rings. The number of ether oxygens (including phenoxy) is 1. The van der Waals surface area contributed by atoms with Crippen molar-refractivity contribution in [3.63, 3.8) is 0 Å². The van der Waals surface area contributed by atoms with Crippen molar-refractivity contribution in [3.8, 4) is 0 Å². The molecule has 2 unspecified atom stereocenters. The lowest BCUT2D eigenvalue weighted by atomic mass is 9.76. The van der Waals surface area contributed by atoms with Gasteiger partial charge in [0, 0.05) is 23.3 Å². The maximum Gasteiger partial charge on any atom is 0.0619 e. The van der Waals surface area contributed by atoms with E-state index in [1.807, 2.05) is 11.3 Å². The number of fused-ring (bicyclic) bond motifs is 1. The van der Waals surface area contributed by atoms with E-state index in [0.29, 0.717) is 6.10 Å².